The molecule has 0 spiro atoms. The summed E-state index contributed by atoms with van der Waals surface area (Å²) in [4.78, 5) is 16.4. The molecule has 2 rings (SSSR count). The summed E-state index contributed by atoms with van der Waals surface area (Å²) in [7, 11) is 0. The average molecular weight is 283 g/mol. The van der Waals surface area contributed by atoms with Gasteiger partial charge in [-0.25, -0.2) is 0 Å². The highest BCUT2D eigenvalue weighted by Gasteiger charge is 2.16. The lowest BCUT2D eigenvalue weighted by molar-refractivity contribution is -0.124. The van der Waals surface area contributed by atoms with E-state index in [9.17, 15) is 4.79 Å². The summed E-state index contributed by atoms with van der Waals surface area (Å²) in [6.07, 6.45) is 2.44. The van der Waals surface area contributed by atoms with Crippen LogP contribution in [-0.2, 0) is 17.8 Å². The number of amides is 1. The molecule has 1 aromatic heterocycles. The van der Waals surface area contributed by atoms with Crippen molar-refractivity contribution in [3.8, 4) is 0 Å². The van der Waals surface area contributed by atoms with Gasteiger partial charge in [-0.3, -0.25) is 9.78 Å². The Hall–Kier alpha value is -2.20. The van der Waals surface area contributed by atoms with Crippen LogP contribution >= 0.6 is 0 Å². The van der Waals surface area contributed by atoms with Gasteiger partial charge < -0.3 is 11.1 Å². The molecule has 4 nitrogen and oxygen atoms in total. The summed E-state index contributed by atoms with van der Waals surface area (Å²) < 4.78 is 0. The fourth-order valence-corrected chi connectivity index (χ4v) is 2.12. The number of aromatic nitrogens is 1. The van der Waals surface area contributed by atoms with Crippen LogP contribution in [0.1, 0.15) is 16.8 Å². The van der Waals surface area contributed by atoms with Crippen LogP contribution < -0.4 is 11.1 Å². The molecule has 0 saturated heterocycles. The van der Waals surface area contributed by atoms with Crippen LogP contribution in [0.25, 0.3) is 0 Å². The lowest BCUT2D eigenvalue weighted by Gasteiger charge is -2.15. The summed E-state index contributed by atoms with van der Waals surface area (Å²) in [6, 6.07) is 13.8. The van der Waals surface area contributed by atoms with E-state index in [0.717, 1.165) is 16.8 Å². The molecule has 3 N–H and O–H groups in total. The molecule has 0 bridgehead atoms. The molecule has 1 atom stereocenters. The number of hydrogen-bond donors (Lipinski definition) is 2. The molecule has 1 aromatic carbocycles. The number of nitrogens with zero attached hydrogens (tertiary/aromatic N) is 1. The molecule has 0 aliphatic heterocycles. The number of nitrogens with two attached hydrogens (primary N) is 1. The van der Waals surface area contributed by atoms with E-state index in [1.54, 1.807) is 6.20 Å². The predicted molar refractivity (Wildman–Crippen MR) is 83.5 cm³/mol. The minimum atomic E-state index is -0.203. The molecule has 4 heteroatoms. The van der Waals surface area contributed by atoms with Crippen molar-refractivity contribution in [2.45, 2.75) is 19.9 Å². The molecule has 0 saturated carbocycles. The molecule has 21 heavy (non-hydrogen) atoms. The number of carbonyl (C=O) groups excluding carboxylic acids is 1. The van der Waals surface area contributed by atoms with Crippen molar-refractivity contribution in [1.82, 2.24) is 10.3 Å². The SMILES string of the molecule is Cc1ccc(CNC(=O)C(CN)Cc2ccccc2)cn1. The predicted octanol–water partition coefficient (Wildman–Crippen LogP) is 1.82. The van der Waals surface area contributed by atoms with Crippen LogP contribution in [0, 0.1) is 12.8 Å². The Kier molecular flexibility index (Phi) is 5.46. The fraction of sp³-hybridized carbons (Fsp3) is 0.294. The van der Waals surface area contributed by atoms with Gasteiger partial charge in [0.15, 0.2) is 0 Å². The van der Waals surface area contributed by atoms with Crippen molar-refractivity contribution < 1.29 is 4.79 Å². The summed E-state index contributed by atoms with van der Waals surface area (Å²) >= 11 is 0. The van der Waals surface area contributed by atoms with Crippen molar-refractivity contribution in [1.29, 1.82) is 0 Å². The Morgan fingerprint density at radius 2 is 1.95 bits per heavy atom. The summed E-state index contributed by atoms with van der Waals surface area (Å²) in [5.74, 6) is -0.215. The van der Waals surface area contributed by atoms with Crippen LogP contribution in [0.5, 0.6) is 0 Å². The number of hydrogen-bond acceptors (Lipinski definition) is 3. The zero-order valence-electron chi connectivity index (χ0n) is 12.3. The van der Waals surface area contributed by atoms with E-state index in [0.29, 0.717) is 19.5 Å². The van der Waals surface area contributed by atoms with Gasteiger partial charge in [0.05, 0.1) is 5.92 Å². The fourth-order valence-electron chi connectivity index (χ4n) is 2.12. The Morgan fingerprint density at radius 3 is 2.57 bits per heavy atom. The number of pyridine rings is 1. The second kappa shape index (κ2) is 7.55. The zero-order chi connectivity index (χ0) is 15.1. The third kappa shape index (κ3) is 4.68. The van der Waals surface area contributed by atoms with Gasteiger partial charge in [0.2, 0.25) is 5.91 Å². The molecule has 1 unspecified atom stereocenters. The van der Waals surface area contributed by atoms with Crippen molar-refractivity contribution >= 4 is 5.91 Å². The van der Waals surface area contributed by atoms with Gasteiger partial charge in [0.1, 0.15) is 0 Å². The van der Waals surface area contributed by atoms with E-state index < -0.39 is 0 Å². The minimum absolute atomic E-state index is 0.0121. The second-order valence-electron chi connectivity index (χ2n) is 5.15. The maximum Gasteiger partial charge on any atom is 0.224 e. The maximum absolute atomic E-state index is 12.2. The topological polar surface area (TPSA) is 68.0 Å². The third-order valence-corrected chi connectivity index (χ3v) is 3.42. The van der Waals surface area contributed by atoms with E-state index in [1.807, 2.05) is 49.4 Å². The lowest BCUT2D eigenvalue weighted by Crippen LogP contribution is -2.36. The standard InChI is InChI=1S/C17H21N3O/c1-13-7-8-15(11-19-13)12-20-17(21)16(10-18)9-14-5-3-2-4-6-14/h2-8,11,16H,9-10,12,18H2,1H3,(H,20,21). The maximum atomic E-state index is 12.2. The Bertz CT molecular complexity index is 566. The number of aryl methyl sites for hydroxylation is 1. The van der Waals surface area contributed by atoms with Crippen molar-refractivity contribution in [3.63, 3.8) is 0 Å². The Morgan fingerprint density at radius 1 is 1.19 bits per heavy atom. The Labute approximate surface area is 125 Å². The van der Waals surface area contributed by atoms with Gasteiger partial charge in [0, 0.05) is 25.0 Å². The third-order valence-electron chi connectivity index (χ3n) is 3.42. The number of carbonyl (C=O) groups is 1. The molecule has 110 valence electrons. The van der Waals surface area contributed by atoms with Crippen LogP contribution in [-0.4, -0.2) is 17.4 Å². The highest BCUT2D eigenvalue weighted by Crippen LogP contribution is 2.08. The molecular weight excluding hydrogens is 262 g/mol. The highest BCUT2D eigenvalue weighted by molar-refractivity contribution is 5.79. The van der Waals surface area contributed by atoms with Gasteiger partial charge >= 0.3 is 0 Å². The van der Waals surface area contributed by atoms with E-state index in [1.165, 1.54) is 0 Å². The monoisotopic (exact) mass is 283 g/mol. The van der Waals surface area contributed by atoms with Gasteiger partial charge in [0.25, 0.3) is 0 Å². The molecule has 2 aromatic rings. The van der Waals surface area contributed by atoms with Gasteiger partial charge in [-0.05, 0) is 30.5 Å². The van der Waals surface area contributed by atoms with Crippen molar-refractivity contribution in [2.75, 3.05) is 6.54 Å². The number of nitrogens with one attached hydrogen (secondary N) is 1. The first-order valence-corrected chi connectivity index (χ1v) is 7.12. The number of rotatable bonds is 6. The van der Waals surface area contributed by atoms with E-state index in [2.05, 4.69) is 10.3 Å². The summed E-state index contributed by atoms with van der Waals surface area (Å²) in [6.45, 7) is 2.76. The largest absolute Gasteiger partial charge is 0.352 e. The molecule has 0 radical (unpaired) electrons. The molecule has 0 aliphatic carbocycles. The van der Waals surface area contributed by atoms with Gasteiger partial charge in [-0.2, -0.15) is 0 Å². The summed E-state index contributed by atoms with van der Waals surface area (Å²) in [5, 5.41) is 2.93. The molecule has 0 fully saturated rings. The van der Waals surface area contributed by atoms with E-state index in [-0.39, 0.29) is 11.8 Å². The highest BCUT2D eigenvalue weighted by atomic mass is 16.1. The normalized spacial score (nSPS) is 11.9. The van der Waals surface area contributed by atoms with Gasteiger partial charge in [-0.1, -0.05) is 36.4 Å². The first-order valence-electron chi connectivity index (χ1n) is 7.12. The minimum Gasteiger partial charge on any atom is -0.352 e. The van der Waals surface area contributed by atoms with E-state index in [4.69, 9.17) is 5.73 Å². The lowest BCUT2D eigenvalue weighted by atomic mass is 9.98. The van der Waals surface area contributed by atoms with E-state index >= 15 is 0 Å². The van der Waals surface area contributed by atoms with Crippen molar-refractivity contribution in [2.24, 2.45) is 11.7 Å². The van der Waals surface area contributed by atoms with Crippen LogP contribution in [0.3, 0.4) is 0 Å². The second-order valence-corrected chi connectivity index (χ2v) is 5.15. The first-order chi connectivity index (χ1) is 10.2. The average Bonchev–Trinajstić information content (AvgIpc) is 2.52. The molecule has 0 aliphatic rings. The Balaban J connectivity index is 1.89. The molecular formula is C17H21N3O. The zero-order valence-corrected chi connectivity index (χ0v) is 12.3. The van der Waals surface area contributed by atoms with Crippen molar-refractivity contribution in [3.05, 3.63) is 65.5 Å². The van der Waals surface area contributed by atoms with Crippen LogP contribution in [0.2, 0.25) is 0 Å². The van der Waals surface area contributed by atoms with Gasteiger partial charge in [-0.15, -0.1) is 0 Å². The first kappa shape index (κ1) is 15.2. The smallest absolute Gasteiger partial charge is 0.224 e. The van der Waals surface area contributed by atoms with Crippen LogP contribution in [0.15, 0.2) is 48.7 Å². The summed E-state index contributed by atoms with van der Waals surface area (Å²) in [5.41, 5.74) is 8.82. The quantitative estimate of drug-likeness (QED) is 0.850. The molecule has 1 heterocycles. The number of benzene rings is 1. The molecule has 1 amide bonds. The van der Waals surface area contributed by atoms with Crippen LogP contribution in [0.4, 0.5) is 0 Å².